The summed E-state index contributed by atoms with van der Waals surface area (Å²) in [6.45, 7) is 0. The number of benzene rings is 2. The highest BCUT2D eigenvalue weighted by molar-refractivity contribution is 8.18. The van der Waals surface area contributed by atoms with Crippen LogP contribution in [-0.2, 0) is 4.79 Å². The number of likely N-dealkylation sites (N-methyl/N-ethyl adjacent to an activating group) is 1. The number of allylic oxidation sites excluding steroid dienone is 2. The lowest BCUT2D eigenvalue weighted by Gasteiger charge is -2.08. The van der Waals surface area contributed by atoms with E-state index in [-0.39, 0.29) is 11.5 Å². The van der Waals surface area contributed by atoms with Crippen molar-refractivity contribution in [1.82, 2.24) is 4.90 Å². The van der Waals surface area contributed by atoms with E-state index in [2.05, 4.69) is 4.99 Å². The van der Waals surface area contributed by atoms with E-state index in [1.54, 1.807) is 37.4 Å². The van der Waals surface area contributed by atoms with Crippen LogP contribution in [0.5, 0.6) is 0 Å². The summed E-state index contributed by atoms with van der Waals surface area (Å²) in [5, 5.41) is 10.1. The smallest absolute Gasteiger partial charge is 0.337 e. The molecule has 0 atom stereocenters. The van der Waals surface area contributed by atoms with Crippen molar-refractivity contribution >= 4 is 52.2 Å². The van der Waals surface area contributed by atoms with Gasteiger partial charge in [0.25, 0.3) is 5.91 Å². The molecule has 0 aliphatic carbocycles. The first-order chi connectivity index (χ1) is 13.0. The first-order valence-corrected chi connectivity index (χ1v) is 9.16. The van der Waals surface area contributed by atoms with Crippen LogP contribution in [0.15, 0.2) is 75.6 Å². The Kier molecular flexibility index (Phi) is 5.78. The molecule has 0 saturated carbocycles. The summed E-state index contributed by atoms with van der Waals surface area (Å²) in [7, 11) is 1.59. The normalized spacial score (nSPS) is 17.8. The van der Waals surface area contributed by atoms with Crippen LogP contribution in [0.25, 0.3) is 6.08 Å². The molecule has 7 heteroatoms. The van der Waals surface area contributed by atoms with Crippen LogP contribution in [0.4, 0.5) is 5.69 Å². The van der Waals surface area contributed by atoms with Crippen molar-refractivity contribution in [2.75, 3.05) is 7.05 Å². The van der Waals surface area contributed by atoms with Crippen molar-refractivity contribution in [1.29, 1.82) is 0 Å². The van der Waals surface area contributed by atoms with Gasteiger partial charge in [-0.3, -0.25) is 9.69 Å². The number of carboxylic acid groups (broad SMARTS) is 1. The molecule has 1 saturated heterocycles. The summed E-state index contributed by atoms with van der Waals surface area (Å²) in [5.74, 6) is -1.32. The van der Waals surface area contributed by atoms with Crippen LogP contribution in [0.2, 0.25) is 0 Å². The lowest BCUT2D eigenvalue weighted by molar-refractivity contribution is -0.121. The minimum absolute atomic E-state index is 0.0749. The van der Waals surface area contributed by atoms with Crippen LogP contribution in [0.1, 0.15) is 15.9 Å². The second-order valence-electron chi connectivity index (χ2n) is 5.63. The summed E-state index contributed by atoms with van der Waals surface area (Å²) < 4.78 is 0. The first-order valence-electron chi connectivity index (χ1n) is 7.96. The average Bonchev–Trinajstić information content (AvgIpc) is 2.90. The molecule has 2 aromatic carbocycles. The number of thioether (sulfide) groups is 1. The number of carbonyl (C=O) groups is 2. The summed E-state index contributed by atoms with van der Waals surface area (Å²) in [6.07, 6.45) is 3.35. The maximum absolute atomic E-state index is 12.5. The quantitative estimate of drug-likeness (QED) is 0.755. The molecule has 1 N–H and O–H groups in total. The zero-order valence-electron chi connectivity index (χ0n) is 14.3. The Balaban J connectivity index is 1.89. The molecule has 3 rings (SSSR count). The number of aromatic carboxylic acids is 1. The molecule has 0 radical (unpaired) electrons. The predicted octanol–water partition coefficient (Wildman–Crippen LogP) is 4.74. The molecule has 136 valence electrons. The molecule has 0 unspecified atom stereocenters. The van der Waals surface area contributed by atoms with Crippen molar-refractivity contribution in [2.45, 2.75) is 0 Å². The number of para-hydroxylation sites is 1. The Labute approximate surface area is 165 Å². The van der Waals surface area contributed by atoms with Crippen LogP contribution >= 0.6 is 23.4 Å². The Bertz CT molecular complexity index is 984. The third-order valence-electron chi connectivity index (χ3n) is 3.73. The molecule has 27 heavy (non-hydrogen) atoms. The summed E-state index contributed by atoms with van der Waals surface area (Å²) >= 11 is 7.42. The number of hydrogen-bond donors (Lipinski definition) is 1. The van der Waals surface area contributed by atoms with Gasteiger partial charge in [-0.05, 0) is 41.6 Å². The van der Waals surface area contributed by atoms with E-state index in [0.29, 0.717) is 20.8 Å². The SMILES string of the molecule is CN1C(=O)/C(=C/C(Cl)=C/c2ccccc2)SC1=Nc1ccccc1C(=O)O. The third-order valence-corrected chi connectivity index (χ3v) is 5.01. The van der Waals surface area contributed by atoms with Gasteiger partial charge >= 0.3 is 5.97 Å². The fourth-order valence-electron chi connectivity index (χ4n) is 2.38. The number of hydrogen-bond acceptors (Lipinski definition) is 4. The number of halogens is 1. The highest BCUT2D eigenvalue weighted by Crippen LogP contribution is 2.34. The second kappa shape index (κ2) is 8.24. The van der Waals surface area contributed by atoms with Gasteiger partial charge in [0.2, 0.25) is 0 Å². The molecule has 1 aliphatic heterocycles. The number of amidine groups is 1. The van der Waals surface area contributed by atoms with Crippen LogP contribution in [0.3, 0.4) is 0 Å². The van der Waals surface area contributed by atoms with E-state index in [1.165, 1.54) is 11.0 Å². The molecule has 1 aliphatic rings. The molecule has 0 bridgehead atoms. The summed E-state index contributed by atoms with van der Waals surface area (Å²) in [6, 6.07) is 15.9. The van der Waals surface area contributed by atoms with E-state index in [0.717, 1.165) is 17.3 Å². The van der Waals surface area contributed by atoms with E-state index in [1.807, 2.05) is 30.3 Å². The van der Waals surface area contributed by atoms with Gasteiger partial charge in [-0.1, -0.05) is 54.1 Å². The summed E-state index contributed by atoms with van der Waals surface area (Å²) in [5.41, 5.74) is 1.29. The van der Waals surface area contributed by atoms with Gasteiger partial charge in [0.15, 0.2) is 5.17 Å². The highest BCUT2D eigenvalue weighted by atomic mass is 35.5. The lowest BCUT2D eigenvalue weighted by Crippen LogP contribution is -2.23. The van der Waals surface area contributed by atoms with Gasteiger partial charge in [-0.15, -0.1) is 0 Å². The molecule has 1 fully saturated rings. The van der Waals surface area contributed by atoms with Crippen molar-refractivity contribution in [2.24, 2.45) is 4.99 Å². The van der Waals surface area contributed by atoms with Crippen LogP contribution in [-0.4, -0.2) is 34.1 Å². The molecule has 0 aromatic heterocycles. The maximum atomic E-state index is 12.5. The fraction of sp³-hybridized carbons (Fsp3) is 0.0500. The summed E-state index contributed by atoms with van der Waals surface area (Å²) in [4.78, 5) is 29.9. The van der Waals surface area contributed by atoms with E-state index < -0.39 is 5.97 Å². The number of amides is 1. The maximum Gasteiger partial charge on any atom is 0.337 e. The van der Waals surface area contributed by atoms with Gasteiger partial charge in [-0.2, -0.15) is 0 Å². The number of rotatable bonds is 4. The Morgan fingerprint density at radius 3 is 2.52 bits per heavy atom. The first kappa shape index (κ1) is 18.9. The highest BCUT2D eigenvalue weighted by Gasteiger charge is 2.30. The van der Waals surface area contributed by atoms with Crippen molar-refractivity contribution in [3.8, 4) is 0 Å². The van der Waals surface area contributed by atoms with Gasteiger partial charge in [-0.25, -0.2) is 9.79 Å². The zero-order valence-corrected chi connectivity index (χ0v) is 15.9. The Morgan fingerprint density at radius 1 is 1.15 bits per heavy atom. The number of nitrogens with zero attached hydrogens (tertiary/aromatic N) is 2. The lowest BCUT2D eigenvalue weighted by atomic mass is 10.2. The molecule has 0 spiro atoms. The van der Waals surface area contributed by atoms with E-state index in [9.17, 15) is 14.7 Å². The topological polar surface area (TPSA) is 70.0 Å². The molecule has 2 aromatic rings. The molecular formula is C20H15ClN2O3S. The van der Waals surface area contributed by atoms with Gasteiger partial charge in [0, 0.05) is 12.1 Å². The minimum atomic E-state index is -1.07. The van der Waals surface area contributed by atoms with Crippen molar-refractivity contribution in [3.05, 3.63) is 81.7 Å². The van der Waals surface area contributed by atoms with E-state index in [4.69, 9.17) is 11.6 Å². The van der Waals surface area contributed by atoms with Crippen molar-refractivity contribution in [3.63, 3.8) is 0 Å². The Morgan fingerprint density at radius 2 is 1.81 bits per heavy atom. The predicted molar refractivity (Wildman–Crippen MR) is 109 cm³/mol. The number of aliphatic imine (C=N–C) groups is 1. The van der Waals surface area contributed by atoms with Gasteiger partial charge in [0.1, 0.15) is 0 Å². The largest absolute Gasteiger partial charge is 0.478 e. The monoisotopic (exact) mass is 398 g/mol. The minimum Gasteiger partial charge on any atom is -0.478 e. The molecule has 5 nitrogen and oxygen atoms in total. The molecule has 1 heterocycles. The van der Waals surface area contributed by atoms with Gasteiger partial charge in [0.05, 0.1) is 16.2 Å². The number of carbonyl (C=O) groups excluding carboxylic acids is 1. The number of carboxylic acids is 1. The van der Waals surface area contributed by atoms with E-state index >= 15 is 0 Å². The average molecular weight is 399 g/mol. The van der Waals surface area contributed by atoms with Crippen LogP contribution in [0, 0.1) is 0 Å². The molecular weight excluding hydrogens is 384 g/mol. The standard InChI is InChI=1S/C20H15ClN2O3S/c1-23-18(24)17(12-14(21)11-13-7-3-2-4-8-13)27-20(23)22-16-10-6-5-9-15(16)19(25)26/h2-12H,1H3,(H,25,26)/b14-11-,17-12-,22-20?. The molecule has 1 amide bonds. The zero-order chi connectivity index (χ0) is 19.4. The third kappa shape index (κ3) is 4.48. The fourth-order valence-corrected chi connectivity index (χ4v) is 3.65. The van der Waals surface area contributed by atoms with Gasteiger partial charge < -0.3 is 5.11 Å². The Hall–Kier alpha value is -2.83. The van der Waals surface area contributed by atoms with Crippen molar-refractivity contribution < 1.29 is 14.7 Å². The second-order valence-corrected chi connectivity index (χ2v) is 7.08. The van der Waals surface area contributed by atoms with Crippen LogP contribution < -0.4 is 0 Å².